The molecule has 0 aromatic rings. The van der Waals surface area contributed by atoms with Crippen molar-refractivity contribution in [3.8, 4) is 0 Å². The summed E-state index contributed by atoms with van der Waals surface area (Å²) in [7, 11) is 0. The molecule has 0 saturated carbocycles. The van der Waals surface area contributed by atoms with Gasteiger partial charge in [-0.1, -0.05) is 0 Å². The zero-order valence-corrected chi connectivity index (χ0v) is 11.4. The number of alkyl halides is 11. The highest BCUT2D eigenvalue weighted by Crippen LogP contribution is 2.52. The standard InChI is InChI=1S/C10H9F11O3/c1-2-24-6(23)4(22)3(8(14,15)16)5(11)7(12,13)9(17,18)10(19,20)21/h3-5,22H,2H2,1H3. The summed E-state index contributed by atoms with van der Waals surface area (Å²) < 4.78 is 142. The third-order valence-electron chi connectivity index (χ3n) is 2.68. The summed E-state index contributed by atoms with van der Waals surface area (Å²) in [5, 5.41) is 8.95. The van der Waals surface area contributed by atoms with Crippen molar-refractivity contribution >= 4 is 5.97 Å². The molecule has 0 aromatic carbocycles. The number of halogens is 11. The minimum absolute atomic E-state index is 0.716. The Labute approximate surface area is 126 Å². The van der Waals surface area contributed by atoms with Crippen molar-refractivity contribution in [3.05, 3.63) is 0 Å². The van der Waals surface area contributed by atoms with Crippen molar-refractivity contribution in [1.82, 2.24) is 0 Å². The van der Waals surface area contributed by atoms with Crippen molar-refractivity contribution in [2.24, 2.45) is 5.92 Å². The van der Waals surface area contributed by atoms with E-state index in [0.717, 1.165) is 6.92 Å². The van der Waals surface area contributed by atoms with Crippen molar-refractivity contribution in [3.63, 3.8) is 0 Å². The topological polar surface area (TPSA) is 46.5 Å². The Morgan fingerprint density at radius 2 is 1.42 bits per heavy atom. The predicted octanol–water partition coefficient (Wildman–Crippen LogP) is 3.26. The number of carbonyl (C=O) groups excluding carboxylic acids is 1. The van der Waals surface area contributed by atoms with E-state index in [1.807, 2.05) is 0 Å². The first-order valence-corrected chi connectivity index (χ1v) is 5.80. The number of aliphatic hydroxyl groups is 1. The number of aliphatic hydroxyl groups excluding tert-OH is 1. The van der Waals surface area contributed by atoms with Gasteiger partial charge >= 0.3 is 30.2 Å². The number of ether oxygens (including phenoxy) is 1. The molecule has 14 heteroatoms. The maximum atomic E-state index is 13.4. The smallest absolute Gasteiger partial charge is 0.459 e. The lowest BCUT2D eigenvalue weighted by Gasteiger charge is -2.35. The van der Waals surface area contributed by atoms with Crippen LogP contribution in [0, 0.1) is 5.92 Å². The summed E-state index contributed by atoms with van der Waals surface area (Å²) in [5.41, 5.74) is 0. The van der Waals surface area contributed by atoms with Crippen LogP contribution in [0.25, 0.3) is 0 Å². The molecule has 0 spiro atoms. The molecule has 0 aliphatic carbocycles. The summed E-state index contributed by atoms with van der Waals surface area (Å²) in [6, 6.07) is 0. The highest BCUT2D eigenvalue weighted by molar-refractivity contribution is 5.75. The molecule has 0 rings (SSSR count). The van der Waals surface area contributed by atoms with Crippen LogP contribution in [0.3, 0.4) is 0 Å². The first-order valence-electron chi connectivity index (χ1n) is 5.80. The fourth-order valence-corrected chi connectivity index (χ4v) is 1.47. The van der Waals surface area contributed by atoms with E-state index >= 15 is 0 Å². The van der Waals surface area contributed by atoms with Gasteiger partial charge in [0.1, 0.15) is 5.92 Å². The maximum Gasteiger partial charge on any atom is 0.459 e. The second-order valence-electron chi connectivity index (χ2n) is 4.36. The van der Waals surface area contributed by atoms with E-state index in [9.17, 15) is 53.1 Å². The van der Waals surface area contributed by atoms with Gasteiger partial charge in [-0.15, -0.1) is 0 Å². The number of hydrogen-bond donors (Lipinski definition) is 1. The third kappa shape index (κ3) is 4.19. The average molecular weight is 386 g/mol. The summed E-state index contributed by atoms with van der Waals surface area (Å²) in [4.78, 5) is 10.9. The van der Waals surface area contributed by atoms with Crippen LogP contribution in [0.4, 0.5) is 48.3 Å². The molecule has 3 nitrogen and oxygen atoms in total. The van der Waals surface area contributed by atoms with Crippen molar-refractivity contribution in [2.45, 2.75) is 43.4 Å². The highest BCUT2D eigenvalue weighted by Gasteiger charge is 2.78. The minimum Gasteiger partial charge on any atom is -0.464 e. The average Bonchev–Trinajstić information content (AvgIpc) is 2.35. The molecule has 3 unspecified atom stereocenters. The molecule has 0 radical (unpaired) electrons. The molecule has 0 saturated heterocycles. The Kier molecular flexibility index (Phi) is 6.50. The van der Waals surface area contributed by atoms with E-state index in [1.54, 1.807) is 0 Å². The zero-order chi connectivity index (χ0) is 19.7. The van der Waals surface area contributed by atoms with Crippen LogP contribution >= 0.6 is 0 Å². The molecule has 0 aliphatic heterocycles. The molecule has 0 aliphatic rings. The van der Waals surface area contributed by atoms with Gasteiger partial charge in [0, 0.05) is 0 Å². The van der Waals surface area contributed by atoms with E-state index in [2.05, 4.69) is 4.74 Å². The molecule has 0 fully saturated rings. The van der Waals surface area contributed by atoms with Gasteiger partial charge in [-0.25, -0.2) is 9.18 Å². The van der Waals surface area contributed by atoms with Crippen LogP contribution in [0.1, 0.15) is 6.92 Å². The van der Waals surface area contributed by atoms with E-state index in [4.69, 9.17) is 5.11 Å². The lowest BCUT2D eigenvalue weighted by Crippen LogP contribution is -2.62. The molecule has 0 bridgehead atoms. The zero-order valence-electron chi connectivity index (χ0n) is 11.4. The van der Waals surface area contributed by atoms with Gasteiger partial charge in [0.25, 0.3) is 0 Å². The molecule has 24 heavy (non-hydrogen) atoms. The Bertz CT molecular complexity index is 442. The van der Waals surface area contributed by atoms with Gasteiger partial charge in [0.15, 0.2) is 12.3 Å². The fraction of sp³-hybridized carbons (Fsp3) is 0.900. The maximum absolute atomic E-state index is 13.4. The molecule has 0 heterocycles. The number of esters is 1. The van der Waals surface area contributed by atoms with Gasteiger partial charge in [-0.3, -0.25) is 0 Å². The van der Waals surface area contributed by atoms with Crippen LogP contribution in [0.5, 0.6) is 0 Å². The summed E-state index contributed by atoms with van der Waals surface area (Å²) in [6.45, 7) is 0.263. The van der Waals surface area contributed by atoms with Crippen LogP contribution in [0.15, 0.2) is 0 Å². The predicted molar refractivity (Wildman–Crippen MR) is 53.0 cm³/mol. The minimum atomic E-state index is -7.20. The lowest BCUT2D eigenvalue weighted by atomic mass is 9.89. The van der Waals surface area contributed by atoms with Gasteiger partial charge in [0.2, 0.25) is 0 Å². The SMILES string of the molecule is CCOC(=O)C(O)C(C(F)C(F)(F)C(F)(F)C(F)(F)F)C(F)(F)F. The quantitative estimate of drug-likeness (QED) is 0.563. The normalized spacial score (nSPS) is 18.0. The van der Waals surface area contributed by atoms with Crippen LogP contribution in [0.2, 0.25) is 0 Å². The van der Waals surface area contributed by atoms with Crippen molar-refractivity contribution < 1.29 is 62.9 Å². The third-order valence-corrected chi connectivity index (χ3v) is 2.68. The number of rotatable bonds is 6. The Morgan fingerprint density at radius 3 is 1.71 bits per heavy atom. The molecule has 1 N–H and O–H groups in total. The first-order chi connectivity index (χ1) is 10.4. The fourth-order valence-electron chi connectivity index (χ4n) is 1.47. The summed E-state index contributed by atoms with van der Waals surface area (Å²) in [6.07, 6.45) is -22.4. The van der Waals surface area contributed by atoms with Crippen LogP contribution < -0.4 is 0 Å². The Morgan fingerprint density at radius 1 is 1.00 bits per heavy atom. The summed E-state index contributed by atoms with van der Waals surface area (Å²) >= 11 is 0. The van der Waals surface area contributed by atoms with E-state index in [1.165, 1.54) is 0 Å². The largest absolute Gasteiger partial charge is 0.464 e. The molecular weight excluding hydrogens is 377 g/mol. The van der Waals surface area contributed by atoms with E-state index < -0.39 is 55.0 Å². The molecule has 3 atom stereocenters. The lowest BCUT2D eigenvalue weighted by molar-refractivity contribution is -0.377. The Balaban J connectivity index is 5.95. The number of hydrogen-bond acceptors (Lipinski definition) is 3. The van der Waals surface area contributed by atoms with Crippen LogP contribution in [-0.2, 0) is 9.53 Å². The molecule has 144 valence electrons. The van der Waals surface area contributed by atoms with Crippen molar-refractivity contribution in [2.75, 3.05) is 6.61 Å². The van der Waals surface area contributed by atoms with Gasteiger partial charge in [-0.2, -0.15) is 43.9 Å². The second kappa shape index (κ2) is 6.88. The Hall–Kier alpha value is -1.34. The second-order valence-corrected chi connectivity index (χ2v) is 4.36. The van der Waals surface area contributed by atoms with Gasteiger partial charge < -0.3 is 9.84 Å². The summed E-state index contributed by atoms with van der Waals surface area (Å²) in [5.74, 6) is -21.0. The first kappa shape index (κ1) is 22.7. The van der Waals surface area contributed by atoms with E-state index in [0.29, 0.717) is 0 Å². The molecular formula is C10H9F11O3. The highest BCUT2D eigenvalue weighted by atomic mass is 19.4. The molecule has 0 aromatic heterocycles. The monoisotopic (exact) mass is 386 g/mol. The van der Waals surface area contributed by atoms with Crippen molar-refractivity contribution in [1.29, 1.82) is 0 Å². The van der Waals surface area contributed by atoms with Gasteiger partial charge in [-0.05, 0) is 6.92 Å². The van der Waals surface area contributed by atoms with Gasteiger partial charge in [0.05, 0.1) is 6.61 Å². The molecule has 0 amide bonds. The van der Waals surface area contributed by atoms with Crippen LogP contribution in [-0.4, -0.2) is 54.2 Å². The van der Waals surface area contributed by atoms with E-state index in [-0.39, 0.29) is 0 Å². The number of carbonyl (C=O) groups is 1.